The fourth-order valence-corrected chi connectivity index (χ4v) is 3.76. The van der Waals surface area contributed by atoms with E-state index >= 15 is 0 Å². The predicted octanol–water partition coefficient (Wildman–Crippen LogP) is 5.32. The Kier molecular flexibility index (Phi) is 6.04. The van der Waals surface area contributed by atoms with Crippen molar-refractivity contribution in [2.45, 2.75) is 44.7 Å². The molecule has 0 radical (unpaired) electrons. The molecule has 1 aromatic heterocycles. The van der Waals surface area contributed by atoms with Gasteiger partial charge < -0.3 is 4.57 Å². The predicted molar refractivity (Wildman–Crippen MR) is 116 cm³/mol. The van der Waals surface area contributed by atoms with Gasteiger partial charge in [0.15, 0.2) is 16.8 Å². The smallest absolute Gasteiger partial charge is 0.191 e. The summed E-state index contributed by atoms with van der Waals surface area (Å²) in [7, 11) is 1.94. The van der Waals surface area contributed by atoms with Crippen molar-refractivity contribution in [1.82, 2.24) is 14.8 Å². The molecule has 5 heteroatoms. The van der Waals surface area contributed by atoms with E-state index in [1.54, 1.807) is 0 Å². The van der Waals surface area contributed by atoms with Gasteiger partial charge in [-0.15, -0.1) is 10.2 Å². The molecule has 0 unspecified atom stereocenters. The molecular weight excluding hydrogens is 366 g/mol. The third kappa shape index (κ3) is 4.53. The Labute approximate surface area is 171 Å². The number of ketones is 1. The number of rotatable bonds is 6. The van der Waals surface area contributed by atoms with Crippen LogP contribution >= 0.6 is 11.8 Å². The molecule has 0 atom stereocenters. The minimum atomic E-state index is 0.103. The Bertz CT molecular complexity index is 951. The molecular formula is C23H27N3OS. The zero-order valence-electron chi connectivity index (χ0n) is 17.2. The lowest BCUT2D eigenvalue weighted by atomic mass is 9.87. The molecule has 3 rings (SSSR count). The van der Waals surface area contributed by atoms with Crippen LogP contribution in [0.3, 0.4) is 0 Å². The van der Waals surface area contributed by atoms with Crippen LogP contribution in [0.2, 0.25) is 0 Å². The number of hydrogen-bond donors (Lipinski definition) is 0. The molecule has 0 amide bonds. The SMILES string of the molecule is CCc1ccc(C(=O)CSc2nnc(-c3ccc(C(C)(C)C)cc3)n2C)cc1. The molecule has 0 aliphatic carbocycles. The molecule has 0 spiro atoms. The number of benzene rings is 2. The van der Waals surface area contributed by atoms with Crippen LogP contribution in [0.4, 0.5) is 0 Å². The van der Waals surface area contributed by atoms with Gasteiger partial charge >= 0.3 is 0 Å². The Balaban J connectivity index is 1.69. The first-order valence-corrected chi connectivity index (χ1v) is 10.5. The summed E-state index contributed by atoms with van der Waals surface area (Å²) in [6, 6.07) is 16.3. The molecule has 1 heterocycles. The van der Waals surface area contributed by atoms with E-state index in [-0.39, 0.29) is 11.2 Å². The van der Waals surface area contributed by atoms with Crippen molar-refractivity contribution in [3.05, 3.63) is 65.2 Å². The second kappa shape index (κ2) is 8.31. The van der Waals surface area contributed by atoms with Crippen LogP contribution in [0.15, 0.2) is 53.7 Å². The van der Waals surface area contributed by atoms with Crippen LogP contribution in [0.25, 0.3) is 11.4 Å². The second-order valence-corrected chi connectivity index (χ2v) is 8.90. The van der Waals surface area contributed by atoms with Gasteiger partial charge in [-0.25, -0.2) is 0 Å². The molecule has 0 N–H and O–H groups in total. The van der Waals surface area contributed by atoms with Crippen molar-refractivity contribution >= 4 is 17.5 Å². The van der Waals surface area contributed by atoms with E-state index in [1.807, 2.05) is 35.9 Å². The van der Waals surface area contributed by atoms with Crippen LogP contribution in [-0.4, -0.2) is 26.3 Å². The summed E-state index contributed by atoms with van der Waals surface area (Å²) < 4.78 is 1.95. The lowest BCUT2D eigenvalue weighted by molar-refractivity contribution is 0.102. The average molecular weight is 394 g/mol. The van der Waals surface area contributed by atoms with Gasteiger partial charge in [0.1, 0.15) is 0 Å². The summed E-state index contributed by atoms with van der Waals surface area (Å²) in [6.07, 6.45) is 0.974. The Hall–Kier alpha value is -2.40. The van der Waals surface area contributed by atoms with Crippen molar-refractivity contribution in [3.63, 3.8) is 0 Å². The van der Waals surface area contributed by atoms with Crippen molar-refractivity contribution in [2.75, 3.05) is 5.75 Å². The molecule has 2 aromatic carbocycles. The highest BCUT2D eigenvalue weighted by molar-refractivity contribution is 7.99. The Morgan fingerprint density at radius 1 is 1.00 bits per heavy atom. The number of carbonyl (C=O) groups is 1. The maximum atomic E-state index is 12.5. The molecule has 0 saturated heterocycles. The van der Waals surface area contributed by atoms with Gasteiger partial charge in [0.05, 0.1) is 5.75 Å². The highest BCUT2D eigenvalue weighted by atomic mass is 32.2. The molecule has 28 heavy (non-hydrogen) atoms. The van der Waals surface area contributed by atoms with E-state index < -0.39 is 0 Å². The van der Waals surface area contributed by atoms with Crippen LogP contribution < -0.4 is 0 Å². The monoisotopic (exact) mass is 393 g/mol. The van der Waals surface area contributed by atoms with E-state index in [0.29, 0.717) is 5.75 Å². The number of hydrogen-bond acceptors (Lipinski definition) is 4. The first-order chi connectivity index (χ1) is 13.3. The van der Waals surface area contributed by atoms with Crippen LogP contribution in [0, 0.1) is 0 Å². The zero-order valence-corrected chi connectivity index (χ0v) is 18.0. The topological polar surface area (TPSA) is 47.8 Å². The van der Waals surface area contributed by atoms with Crippen molar-refractivity contribution < 1.29 is 4.79 Å². The van der Waals surface area contributed by atoms with E-state index in [1.165, 1.54) is 22.9 Å². The highest BCUT2D eigenvalue weighted by Crippen LogP contribution is 2.27. The summed E-state index contributed by atoms with van der Waals surface area (Å²) in [6.45, 7) is 8.71. The van der Waals surface area contributed by atoms with E-state index in [4.69, 9.17) is 0 Å². The van der Waals surface area contributed by atoms with Crippen molar-refractivity contribution in [2.24, 2.45) is 7.05 Å². The van der Waals surface area contributed by atoms with Crippen LogP contribution in [0.1, 0.15) is 49.2 Å². The number of aromatic nitrogens is 3. The normalized spacial score (nSPS) is 11.6. The largest absolute Gasteiger partial charge is 0.305 e. The Morgan fingerprint density at radius 3 is 2.21 bits per heavy atom. The zero-order chi connectivity index (χ0) is 20.3. The molecule has 4 nitrogen and oxygen atoms in total. The number of nitrogens with zero attached hydrogens (tertiary/aromatic N) is 3. The number of aryl methyl sites for hydroxylation is 1. The summed E-state index contributed by atoms with van der Waals surface area (Å²) in [5.74, 6) is 1.26. The molecule has 3 aromatic rings. The number of Topliss-reactive ketones (excluding diaryl/α,β-unsaturated/α-hetero) is 1. The molecule has 0 aliphatic heterocycles. The minimum Gasteiger partial charge on any atom is -0.305 e. The van der Waals surface area contributed by atoms with Crippen LogP contribution in [0.5, 0.6) is 0 Å². The van der Waals surface area contributed by atoms with Crippen LogP contribution in [-0.2, 0) is 18.9 Å². The summed E-state index contributed by atoms with van der Waals surface area (Å²) >= 11 is 1.42. The first kappa shape index (κ1) is 20.3. The summed E-state index contributed by atoms with van der Waals surface area (Å²) in [5, 5.41) is 9.36. The maximum Gasteiger partial charge on any atom is 0.191 e. The standard InChI is InChI=1S/C23H27N3OS/c1-6-16-7-9-17(10-8-16)20(27)15-28-22-25-24-21(26(22)5)18-11-13-19(14-12-18)23(2,3)4/h7-14H,6,15H2,1-5H3. The average Bonchev–Trinajstić information content (AvgIpc) is 3.06. The van der Waals surface area contributed by atoms with Gasteiger partial charge in [0, 0.05) is 18.2 Å². The van der Waals surface area contributed by atoms with Gasteiger partial charge in [0.25, 0.3) is 0 Å². The molecule has 0 saturated carbocycles. The van der Waals surface area contributed by atoms with E-state index in [9.17, 15) is 4.79 Å². The molecule has 0 fully saturated rings. The van der Waals surface area contributed by atoms with Gasteiger partial charge in [-0.3, -0.25) is 4.79 Å². The van der Waals surface area contributed by atoms with Gasteiger partial charge in [-0.1, -0.05) is 88.0 Å². The van der Waals surface area contributed by atoms with E-state index in [2.05, 4.69) is 62.2 Å². The van der Waals surface area contributed by atoms with Gasteiger partial charge in [0.2, 0.25) is 0 Å². The van der Waals surface area contributed by atoms with Crippen molar-refractivity contribution in [1.29, 1.82) is 0 Å². The van der Waals surface area contributed by atoms with E-state index in [0.717, 1.165) is 28.5 Å². The number of thioether (sulfide) groups is 1. The number of carbonyl (C=O) groups excluding carboxylic acids is 1. The highest BCUT2D eigenvalue weighted by Gasteiger charge is 2.16. The lowest BCUT2D eigenvalue weighted by Crippen LogP contribution is -2.10. The fraction of sp³-hybridized carbons (Fsp3) is 0.348. The minimum absolute atomic E-state index is 0.103. The van der Waals surface area contributed by atoms with Gasteiger partial charge in [-0.05, 0) is 23.0 Å². The lowest BCUT2D eigenvalue weighted by Gasteiger charge is -2.19. The molecule has 0 bridgehead atoms. The fourth-order valence-electron chi connectivity index (χ4n) is 2.95. The molecule has 146 valence electrons. The maximum absolute atomic E-state index is 12.5. The second-order valence-electron chi connectivity index (χ2n) is 7.95. The quantitative estimate of drug-likeness (QED) is 0.420. The first-order valence-electron chi connectivity index (χ1n) is 9.55. The van der Waals surface area contributed by atoms with Crippen molar-refractivity contribution in [3.8, 4) is 11.4 Å². The summed E-state index contributed by atoms with van der Waals surface area (Å²) in [5.41, 5.74) is 4.41. The van der Waals surface area contributed by atoms with Gasteiger partial charge in [-0.2, -0.15) is 0 Å². The third-order valence-electron chi connectivity index (χ3n) is 4.86. The summed E-state index contributed by atoms with van der Waals surface area (Å²) in [4.78, 5) is 12.5. The Morgan fingerprint density at radius 2 is 1.64 bits per heavy atom. The molecule has 0 aliphatic rings. The third-order valence-corrected chi connectivity index (χ3v) is 5.88.